The molecule has 2 aromatic heterocycles. The molecule has 1 aliphatic rings. The van der Waals surface area contributed by atoms with Gasteiger partial charge in [0, 0.05) is 16.3 Å². The molecule has 0 amide bonds. The largest absolute Gasteiger partial charge is 0.310 e. The lowest BCUT2D eigenvalue weighted by atomic mass is 9.89. The smallest absolute Gasteiger partial charge is 0.259 e. The molecule has 4 rings (SSSR count). The number of thiophene rings is 1. The van der Waals surface area contributed by atoms with Gasteiger partial charge < -0.3 is 4.98 Å². The highest BCUT2D eigenvalue weighted by Crippen LogP contribution is 2.35. The number of rotatable bonds is 2. The van der Waals surface area contributed by atoms with Crippen molar-refractivity contribution in [3.05, 3.63) is 61.5 Å². The van der Waals surface area contributed by atoms with Crippen LogP contribution in [0, 0.1) is 5.92 Å². The van der Waals surface area contributed by atoms with Gasteiger partial charge >= 0.3 is 0 Å². The predicted molar refractivity (Wildman–Crippen MR) is 95.7 cm³/mol. The Balaban J connectivity index is 1.77. The molecule has 2 heterocycles. The number of hydrogen-bond donors (Lipinski definition) is 1. The molecule has 3 aromatic rings. The summed E-state index contributed by atoms with van der Waals surface area (Å²) in [6.07, 6.45) is 3.81. The monoisotopic (exact) mass is 344 g/mol. The highest BCUT2D eigenvalue weighted by Gasteiger charge is 2.22. The number of fused-ring (bicyclic) bond motifs is 3. The van der Waals surface area contributed by atoms with E-state index in [4.69, 9.17) is 16.6 Å². The molecule has 23 heavy (non-hydrogen) atoms. The average molecular weight is 345 g/mol. The molecule has 0 bridgehead atoms. The third-order valence-corrected chi connectivity index (χ3v) is 5.86. The zero-order valence-electron chi connectivity index (χ0n) is 12.9. The lowest BCUT2D eigenvalue weighted by molar-refractivity contribution is 0.509. The van der Waals surface area contributed by atoms with E-state index in [2.05, 4.69) is 11.9 Å². The van der Waals surface area contributed by atoms with Crippen LogP contribution >= 0.6 is 22.9 Å². The second kappa shape index (κ2) is 5.77. The fourth-order valence-electron chi connectivity index (χ4n) is 3.32. The molecule has 0 radical (unpaired) electrons. The van der Waals surface area contributed by atoms with Gasteiger partial charge in [-0.1, -0.05) is 30.7 Å². The van der Waals surface area contributed by atoms with Crippen molar-refractivity contribution in [3.63, 3.8) is 0 Å². The van der Waals surface area contributed by atoms with Crippen LogP contribution in [0.5, 0.6) is 0 Å². The van der Waals surface area contributed by atoms with Gasteiger partial charge in [0.05, 0.1) is 5.39 Å². The minimum atomic E-state index is -0.000851. The van der Waals surface area contributed by atoms with Crippen LogP contribution < -0.4 is 5.56 Å². The molecule has 0 spiro atoms. The second-order valence-electron chi connectivity index (χ2n) is 6.35. The normalized spacial score (nSPS) is 17.4. The van der Waals surface area contributed by atoms with Crippen molar-refractivity contribution in [1.29, 1.82) is 0 Å². The first-order valence-electron chi connectivity index (χ1n) is 7.88. The summed E-state index contributed by atoms with van der Waals surface area (Å²) in [4.78, 5) is 22.5. The molecule has 118 valence electrons. The third-order valence-electron chi connectivity index (χ3n) is 4.48. The minimum absolute atomic E-state index is 0.000851. The van der Waals surface area contributed by atoms with Gasteiger partial charge in [0.2, 0.25) is 0 Å². The highest BCUT2D eigenvalue weighted by atomic mass is 35.5. The number of aryl methyl sites for hydroxylation is 1. The number of hydrogen-bond acceptors (Lipinski definition) is 3. The van der Waals surface area contributed by atoms with Crippen molar-refractivity contribution >= 4 is 33.2 Å². The summed E-state index contributed by atoms with van der Waals surface area (Å²) in [6, 6.07) is 7.67. The molecule has 1 N–H and O–H groups in total. The molecule has 3 nitrogen and oxygen atoms in total. The van der Waals surface area contributed by atoms with Crippen LogP contribution in [0.1, 0.15) is 35.2 Å². The van der Waals surface area contributed by atoms with E-state index in [0.717, 1.165) is 35.0 Å². The molecular weight excluding hydrogens is 328 g/mol. The van der Waals surface area contributed by atoms with Crippen LogP contribution in [0.2, 0.25) is 5.02 Å². The fraction of sp³-hybridized carbons (Fsp3) is 0.333. The fourth-order valence-corrected chi connectivity index (χ4v) is 4.93. The molecule has 0 fully saturated rings. The number of nitrogens with one attached hydrogen (secondary N) is 1. The summed E-state index contributed by atoms with van der Waals surface area (Å²) < 4.78 is 0. The van der Waals surface area contributed by atoms with E-state index in [1.54, 1.807) is 11.3 Å². The minimum Gasteiger partial charge on any atom is -0.310 e. The molecule has 1 unspecified atom stereocenters. The van der Waals surface area contributed by atoms with Crippen molar-refractivity contribution in [2.75, 3.05) is 0 Å². The van der Waals surface area contributed by atoms with Crippen molar-refractivity contribution in [2.45, 2.75) is 32.6 Å². The number of H-pyrrole nitrogens is 1. The second-order valence-corrected chi connectivity index (χ2v) is 7.87. The molecule has 5 heteroatoms. The van der Waals surface area contributed by atoms with Crippen LogP contribution in [-0.2, 0) is 19.3 Å². The van der Waals surface area contributed by atoms with Crippen LogP contribution in [0.15, 0.2) is 29.1 Å². The molecule has 0 saturated heterocycles. The zero-order chi connectivity index (χ0) is 16.0. The van der Waals surface area contributed by atoms with Crippen LogP contribution in [0.3, 0.4) is 0 Å². The summed E-state index contributed by atoms with van der Waals surface area (Å²) >= 11 is 7.72. The summed E-state index contributed by atoms with van der Waals surface area (Å²) in [5, 5.41) is 1.51. The Morgan fingerprint density at radius 3 is 3.13 bits per heavy atom. The Labute approximate surface area is 143 Å². The number of benzene rings is 1. The number of aromatic amines is 1. The van der Waals surface area contributed by atoms with E-state index in [0.29, 0.717) is 23.2 Å². The van der Waals surface area contributed by atoms with Crippen LogP contribution in [0.4, 0.5) is 0 Å². The predicted octanol–water partition coefficient (Wildman–Crippen LogP) is 4.35. The van der Waals surface area contributed by atoms with E-state index in [1.165, 1.54) is 10.4 Å². The number of halogens is 1. The van der Waals surface area contributed by atoms with E-state index in [-0.39, 0.29) is 5.56 Å². The Morgan fingerprint density at radius 1 is 1.43 bits per heavy atom. The summed E-state index contributed by atoms with van der Waals surface area (Å²) in [7, 11) is 0. The van der Waals surface area contributed by atoms with Gasteiger partial charge in [0.1, 0.15) is 10.7 Å². The Morgan fingerprint density at radius 2 is 2.30 bits per heavy atom. The number of aromatic nitrogens is 2. The third kappa shape index (κ3) is 2.81. The van der Waals surface area contributed by atoms with E-state index < -0.39 is 0 Å². The van der Waals surface area contributed by atoms with E-state index in [9.17, 15) is 4.79 Å². The topological polar surface area (TPSA) is 45.8 Å². The summed E-state index contributed by atoms with van der Waals surface area (Å²) in [5.41, 5.74) is 2.28. The molecular formula is C18H17ClN2OS. The van der Waals surface area contributed by atoms with Crippen LogP contribution in [0.25, 0.3) is 10.2 Å². The Kier molecular flexibility index (Phi) is 3.74. The van der Waals surface area contributed by atoms with Gasteiger partial charge in [-0.05, 0) is 48.4 Å². The summed E-state index contributed by atoms with van der Waals surface area (Å²) in [6.45, 7) is 2.27. The van der Waals surface area contributed by atoms with Gasteiger partial charge in [-0.3, -0.25) is 4.79 Å². The van der Waals surface area contributed by atoms with Crippen molar-refractivity contribution in [2.24, 2.45) is 5.92 Å². The number of nitrogens with zero attached hydrogens (tertiary/aromatic N) is 1. The quantitative estimate of drug-likeness (QED) is 0.751. The van der Waals surface area contributed by atoms with Crippen molar-refractivity contribution in [1.82, 2.24) is 9.97 Å². The zero-order valence-corrected chi connectivity index (χ0v) is 14.4. The SMILES string of the molecule is CC1CCc2c(sc3nc(Cc4cccc(Cl)c4)[nH]c(=O)c23)C1. The Bertz CT molecular complexity index is 944. The molecule has 1 aliphatic carbocycles. The molecule has 1 atom stereocenters. The van der Waals surface area contributed by atoms with Gasteiger partial charge in [-0.15, -0.1) is 11.3 Å². The highest BCUT2D eigenvalue weighted by molar-refractivity contribution is 7.18. The lowest BCUT2D eigenvalue weighted by Crippen LogP contribution is -2.14. The molecule has 1 aromatic carbocycles. The van der Waals surface area contributed by atoms with Gasteiger partial charge in [0.25, 0.3) is 5.56 Å². The van der Waals surface area contributed by atoms with Crippen LogP contribution in [-0.4, -0.2) is 9.97 Å². The maximum Gasteiger partial charge on any atom is 0.259 e. The van der Waals surface area contributed by atoms with E-state index in [1.807, 2.05) is 24.3 Å². The molecule has 0 aliphatic heterocycles. The first kappa shape index (κ1) is 14.9. The van der Waals surface area contributed by atoms with Crippen molar-refractivity contribution < 1.29 is 0 Å². The first-order chi connectivity index (χ1) is 11.1. The Hall–Kier alpha value is -1.65. The molecule has 0 saturated carbocycles. The van der Waals surface area contributed by atoms with Gasteiger partial charge in [0.15, 0.2) is 0 Å². The standard InChI is InChI=1S/C18H17ClN2OS/c1-10-5-6-13-14(7-10)23-18-16(13)17(22)20-15(21-18)9-11-3-2-4-12(19)8-11/h2-4,8,10H,5-7,9H2,1H3,(H,20,21,22). The maximum absolute atomic E-state index is 12.6. The van der Waals surface area contributed by atoms with Crippen molar-refractivity contribution in [3.8, 4) is 0 Å². The average Bonchev–Trinajstić information content (AvgIpc) is 2.84. The summed E-state index contributed by atoms with van der Waals surface area (Å²) in [5.74, 6) is 1.40. The van der Waals surface area contributed by atoms with E-state index >= 15 is 0 Å². The lowest BCUT2D eigenvalue weighted by Gasteiger charge is -2.17. The maximum atomic E-state index is 12.6. The first-order valence-corrected chi connectivity index (χ1v) is 9.07. The van der Waals surface area contributed by atoms with Gasteiger partial charge in [-0.2, -0.15) is 0 Å². The van der Waals surface area contributed by atoms with Gasteiger partial charge in [-0.25, -0.2) is 4.98 Å².